The Kier molecular flexibility index (Phi) is 7.85. The Labute approximate surface area is 314 Å². The molecular formula is C52H35NO. The van der Waals surface area contributed by atoms with Crippen molar-refractivity contribution in [2.75, 3.05) is 4.90 Å². The van der Waals surface area contributed by atoms with Crippen molar-refractivity contribution in [2.24, 2.45) is 0 Å². The van der Waals surface area contributed by atoms with Crippen molar-refractivity contribution >= 4 is 49.8 Å². The van der Waals surface area contributed by atoms with E-state index in [1.165, 1.54) is 49.7 Å². The molecule has 0 fully saturated rings. The van der Waals surface area contributed by atoms with Gasteiger partial charge in [-0.15, -0.1) is 0 Å². The maximum atomic E-state index is 6.59. The van der Waals surface area contributed by atoms with Crippen LogP contribution in [-0.4, -0.2) is 0 Å². The molecule has 0 amide bonds. The number of hydrogen-bond donors (Lipinski definition) is 0. The Morgan fingerprint density at radius 2 is 0.722 bits per heavy atom. The Morgan fingerprint density at radius 1 is 0.278 bits per heavy atom. The van der Waals surface area contributed by atoms with Crippen LogP contribution in [0, 0.1) is 0 Å². The molecule has 10 rings (SSSR count). The summed E-state index contributed by atoms with van der Waals surface area (Å²) >= 11 is 0. The van der Waals surface area contributed by atoms with Crippen LogP contribution in [0.4, 0.5) is 17.1 Å². The van der Waals surface area contributed by atoms with E-state index in [1.807, 2.05) is 0 Å². The second-order valence-corrected chi connectivity index (χ2v) is 13.7. The Balaban J connectivity index is 0.995. The minimum absolute atomic E-state index is 0.898. The van der Waals surface area contributed by atoms with Gasteiger partial charge in [0, 0.05) is 27.8 Å². The van der Waals surface area contributed by atoms with Gasteiger partial charge in [-0.05, 0) is 104 Å². The quantitative estimate of drug-likeness (QED) is 0.166. The zero-order valence-electron chi connectivity index (χ0n) is 29.6. The Hall–Kier alpha value is -7.16. The summed E-state index contributed by atoms with van der Waals surface area (Å²) in [5.74, 6) is 0. The van der Waals surface area contributed by atoms with E-state index in [9.17, 15) is 0 Å². The van der Waals surface area contributed by atoms with Crippen molar-refractivity contribution in [1.29, 1.82) is 0 Å². The van der Waals surface area contributed by atoms with Gasteiger partial charge in [0.2, 0.25) is 0 Å². The summed E-state index contributed by atoms with van der Waals surface area (Å²) in [4.78, 5) is 2.31. The van der Waals surface area contributed by atoms with Crippen LogP contribution >= 0.6 is 0 Å². The first kappa shape index (κ1) is 31.6. The van der Waals surface area contributed by atoms with Crippen LogP contribution in [-0.2, 0) is 0 Å². The number of fused-ring (bicyclic) bond motifs is 5. The number of furan rings is 1. The fourth-order valence-corrected chi connectivity index (χ4v) is 7.88. The van der Waals surface area contributed by atoms with E-state index in [4.69, 9.17) is 4.42 Å². The largest absolute Gasteiger partial charge is 0.456 e. The fourth-order valence-electron chi connectivity index (χ4n) is 7.88. The van der Waals surface area contributed by atoms with Crippen molar-refractivity contribution in [3.05, 3.63) is 212 Å². The standard InChI is InChI=1S/C52H35NO/c1-4-13-36(14-5-1)38-27-31-43(32-28-38)53(42-17-8-3-9-18-42)44-33-29-39(30-34-44)37-23-25-41(26-24-37)45-21-12-22-49-51(45)52-47-20-11-10-19-46(47)48(35-50(52)54-49)40-15-6-2-7-16-40/h1-35H. The zero-order chi connectivity index (χ0) is 35.8. The van der Waals surface area contributed by atoms with Gasteiger partial charge in [-0.1, -0.05) is 164 Å². The highest BCUT2D eigenvalue weighted by Gasteiger charge is 2.18. The van der Waals surface area contributed by atoms with Crippen molar-refractivity contribution in [3.8, 4) is 44.5 Å². The van der Waals surface area contributed by atoms with Gasteiger partial charge in [0.25, 0.3) is 0 Å². The number of benzene rings is 9. The highest BCUT2D eigenvalue weighted by atomic mass is 16.3. The second-order valence-electron chi connectivity index (χ2n) is 13.7. The van der Waals surface area contributed by atoms with E-state index in [2.05, 4.69) is 217 Å². The molecular weight excluding hydrogens is 655 g/mol. The molecule has 9 aromatic carbocycles. The number of rotatable bonds is 7. The van der Waals surface area contributed by atoms with Crippen LogP contribution < -0.4 is 4.90 Å². The summed E-state index contributed by atoms with van der Waals surface area (Å²) in [6.07, 6.45) is 0. The molecule has 54 heavy (non-hydrogen) atoms. The topological polar surface area (TPSA) is 16.4 Å². The molecule has 0 atom stereocenters. The molecule has 1 aromatic heterocycles. The predicted molar refractivity (Wildman–Crippen MR) is 228 cm³/mol. The molecule has 0 unspecified atom stereocenters. The van der Waals surface area contributed by atoms with Gasteiger partial charge in [0.1, 0.15) is 11.2 Å². The highest BCUT2D eigenvalue weighted by Crippen LogP contribution is 2.44. The Morgan fingerprint density at radius 3 is 1.33 bits per heavy atom. The van der Waals surface area contributed by atoms with E-state index in [0.29, 0.717) is 0 Å². The molecule has 2 heteroatoms. The lowest BCUT2D eigenvalue weighted by Gasteiger charge is -2.26. The van der Waals surface area contributed by atoms with Crippen LogP contribution in [0.2, 0.25) is 0 Å². The molecule has 0 bridgehead atoms. The lowest BCUT2D eigenvalue weighted by atomic mass is 9.92. The van der Waals surface area contributed by atoms with Crippen LogP contribution in [0.25, 0.3) is 77.2 Å². The smallest absolute Gasteiger partial charge is 0.136 e. The fraction of sp³-hybridized carbons (Fsp3) is 0. The summed E-state index contributed by atoms with van der Waals surface area (Å²) in [6, 6.07) is 75.6. The van der Waals surface area contributed by atoms with Gasteiger partial charge >= 0.3 is 0 Å². The van der Waals surface area contributed by atoms with Gasteiger partial charge in [0.15, 0.2) is 0 Å². The van der Waals surface area contributed by atoms with Crippen LogP contribution in [0.5, 0.6) is 0 Å². The van der Waals surface area contributed by atoms with E-state index < -0.39 is 0 Å². The third-order valence-electron chi connectivity index (χ3n) is 10.5. The molecule has 0 aliphatic carbocycles. The van der Waals surface area contributed by atoms with E-state index in [-0.39, 0.29) is 0 Å². The molecule has 10 aromatic rings. The van der Waals surface area contributed by atoms with Crippen LogP contribution in [0.15, 0.2) is 217 Å². The predicted octanol–water partition coefficient (Wildman–Crippen LogP) is 14.9. The molecule has 1 heterocycles. The van der Waals surface area contributed by atoms with Crippen molar-refractivity contribution in [3.63, 3.8) is 0 Å². The number of nitrogens with zero attached hydrogens (tertiary/aromatic N) is 1. The average molecular weight is 690 g/mol. The lowest BCUT2D eigenvalue weighted by Crippen LogP contribution is -2.09. The van der Waals surface area contributed by atoms with Crippen LogP contribution in [0.3, 0.4) is 0 Å². The highest BCUT2D eigenvalue weighted by molar-refractivity contribution is 6.25. The molecule has 0 saturated carbocycles. The summed E-state index contributed by atoms with van der Waals surface area (Å²) in [5.41, 5.74) is 14.6. The average Bonchev–Trinajstić information content (AvgIpc) is 3.64. The number of anilines is 3. The molecule has 2 nitrogen and oxygen atoms in total. The molecule has 0 N–H and O–H groups in total. The molecule has 0 aliphatic heterocycles. The third-order valence-corrected chi connectivity index (χ3v) is 10.5. The summed E-state index contributed by atoms with van der Waals surface area (Å²) in [7, 11) is 0. The second kappa shape index (κ2) is 13.4. The SMILES string of the molecule is c1ccc(-c2ccc(N(c3ccccc3)c3ccc(-c4ccc(-c5cccc6oc7cc(-c8ccccc8)c8ccccc8c7c56)cc4)cc3)cc2)cc1. The summed E-state index contributed by atoms with van der Waals surface area (Å²) in [5, 5.41) is 4.74. The maximum absolute atomic E-state index is 6.59. The first-order valence-electron chi connectivity index (χ1n) is 18.4. The summed E-state index contributed by atoms with van der Waals surface area (Å²) in [6.45, 7) is 0. The molecule has 254 valence electrons. The van der Waals surface area contributed by atoms with Gasteiger partial charge in [-0.25, -0.2) is 0 Å². The van der Waals surface area contributed by atoms with Gasteiger partial charge in [-0.3, -0.25) is 0 Å². The number of hydrogen-bond acceptors (Lipinski definition) is 2. The monoisotopic (exact) mass is 689 g/mol. The van der Waals surface area contributed by atoms with Crippen molar-refractivity contribution < 1.29 is 4.42 Å². The molecule has 0 aliphatic rings. The molecule has 0 saturated heterocycles. The first-order valence-corrected chi connectivity index (χ1v) is 18.4. The maximum Gasteiger partial charge on any atom is 0.136 e. The van der Waals surface area contributed by atoms with Gasteiger partial charge in [0.05, 0.1) is 0 Å². The first-order chi connectivity index (χ1) is 26.8. The minimum Gasteiger partial charge on any atom is -0.456 e. The lowest BCUT2D eigenvalue weighted by molar-refractivity contribution is 0.669. The molecule has 0 spiro atoms. The summed E-state index contributed by atoms with van der Waals surface area (Å²) < 4.78 is 6.59. The minimum atomic E-state index is 0.898. The van der Waals surface area contributed by atoms with Gasteiger partial charge < -0.3 is 9.32 Å². The number of para-hydroxylation sites is 1. The normalized spacial score (nSPS) is 11.3. The Bertz CT molecular complexity index is 2880. The van der Waals surface area contributed by atoms with Crippen molar-refractivity contribution in [2.45, 2.75) is 0 Å². The molecule has 0 radical (unpaired) electrons. The van der Waals surface area contributed by atoms with Crippen LogP contribution in [0.1, 0.15) is 0 Å². The third kappa shape index (κ3) is 5.62. The van der Waals surface area contributed by atoms with E-state index >= 15 is 0 Å². The van der Waals surface area contributed by atoms with Gasteiger partial charge in [-0.2, -0.15) is 0 Å². The zero-order valence-corrected chi connectivity index (χ0v) is 29.6. The van der Waals surface area contributed by atoms with Crippen molar-refractivity contribution in [1.82, 2.24) is 0 Å². The van der Waals surface area contributed by atoms with E-state index in [0.717, 1.165) is 44.6 Å². The van der Waals surface area contributed by atoms with E-state index in [1.54, 1.807) is 0 Å².